The van der Waals surface area contributed by atoms with E-state index in [-0.39, 0.29) is 0 Å². The smallest absolute Gasteiger partial charge is 0.0998 e. The van der Waals surface area contributed by atoms with Gasteiger partial charge in [0.1, 0.15) is 0 Å². The Balaban J connectivity index is 1.49. The monoisotopic (exact) mass is 656 g/mol. The van der Waals surface area contributed by atoms with Crippen LogP contribution in [0.25, 0.3) is 38.6 Å². The number of aromatic nitrogens is 1. The van der Waals surface area contributed by atoms with Gasteiger partial charge < -0.3 is 4.57 Å². The molecule has 234 valence electrons. The van der Waals surface area contributed by atoms with Crippen LogP contribution < -0.4 is 0 Å². The first-order chi connectivity index (χ1) is 24.7. The molecular weight excluding hydrogens is 629 g/mol. The van der Waals surface area contributed by atoms with Crippen LogP contribution >= 0.6 is 10.0 Å². The van der Waals surface area contributed by atoms with Crippen molar-refractivity contribution in [3.8, 4) is 35.0 Å². The highest BCUT2D eigenvalue weighted by atomic mass is 32.3. The Morgan fingerprint density at radius 3 is 1.56 bits per heavy atom. The molecule has 0 saturated carbocycles. The molecule has 0 saturated heterocycles. The zero-order valence-corrected chi connectivity index (χ0v) is 27.7. The molecule has 0 radical (unpaired) electrons. The minimum atomic E-state index is -2.14. The van der Waals surface area contributed by atoms with E-state index in [9.17, 15) is 15.8 Å². The zero-order valence-electron chi connectivity index (χ0n) is 26.9. The predicted octanol–water partition coefficient (Wildman–Crippen LogP) is 11.4. The number of para-hydroxylation sites is 1. The van der Waals surface area contributed by atoms with Gasteiger partial charge in [-0.2, -0.15) is 15.8 Å². The molecule has 0 N–H and O–H groups in total. The molecule has 4 nitrogen and oxygen atoms in total. The van der Waals surface area contributed by atoms with Crippen molar-refractivity contribution < 1.29 is 0 Å². The minimum Gasteiger partial charge on any atom is -0.309 e. The second-order valence-corrected chi connectivity index (χ2v) is 15.0. The van der Waals surface area contributed by atoms with Gasteiger partial charge in [-0.25, -0.2) is 0 Å². The van der Waals surface area contributed by atoms with Crippen molar-refractivity contribution in [1.82, 2.24) is 4.57 Å². The second-order valence-electron chi connectivity index (χ2n) is 11.9. The first-order valence-corrected chi connectivity index (χ1v) is 17.8. The SMILES string of the molecule is N#Cc1ccc(S(c2ccccc2)(c2ccccc2)c2ccccc2)c(-c2cc(-n3c4ccccc4c4cc(C#N)ccc43)ccc2C#N)c1. The van der Waals surface area contributed by atoms with Crippen molar-refractivity contribution in [2.45, 2.75) is 19.6 Å². The third kappa shape index (κ3) is 4.84. The van der Waals surface area contributed by atoms with Gasteiger partial charge in [0.2, 0.25) is 0 Å². The fourth-order valence-electron chi connectivity index (χ4n) is 7.05. The molecule has 0 bridgehead atoms. The summed E-state index contributed by atoms with van der Waals surface area (Å²) in [4.78, 5) is 4.48. The minimum absolute atomic E-state index is 0.514. The van der Waals surface area contributed by atoms with E-state index in [2.05, 4.69) is 120 Å². The third-order valence-corrected chi connectivity index (χ3v) is 13.2. The van der Waals surface area contributed by atoms with E-state index in [1.807, 2.05) is 72.8 Å². The average molecular weight is 657 g/mol. The van der Waals surface area contributed by atoms with Gasteiger partial charge in [0.15, 0.2) is 0 Å². The molecule has 0 amide bonds. The van der Waals surface area contributed by atoms with Crippen LogP contribution in [0.1, 0.15) is 16.7 Å². The van der Waals surface area contributed by atoms with Gasteiger partial charge in [0.05, 0.1) is 45.9 Å². The summed E-state index contributed by atoms with van der Waals surface area (Å²) in [6.45, 7) is 0. The quantitative estimate of drug-likeness (QED) is 0.179. The van der Waals surface area contributed by atoms with E-state index in [0.29, 0.717) is 16.7 Å². The van der Waals surface area contributed by atoms with E-state index in [0.717, 1.165) is 58.2 Å². The molecular formula is C45H28N4S. The van der Waals surface area contributed by atoms with Crippen LogP contribution in [0.5, 0.6) is 0 Å². The Hall–Kier alpha value is -6.84. The second kappa shape index (κ2) is 12.6. The number of fused-ring (bicyclic) bond motifs is 3. The molecule has 0 fully saturated rings. The summed E-state index contributed by atoms with van der Waals surface area (Å²) in [5.74, 6) is 0. The van der Waals surface area contributed by atoms with Crippen molar-refractivity contribution in [3.05, 3.63) is 187 Å². The molecule has 50 heavy (non-hydrogen) atoms. The number of nitriles is 3. The maximum atomic E-state index is 10.6. The Bertz CT molecular complexity index is 2580. The number of rotatable bonds is 6. The van der Waals surface area contributed by atoms with E-state index < -0.39 is 10.0 Å². The first kappa shape index (κ1) is 30.5. The summed E-state index contributed by atoms with van der Waals surface area (Å²) in [7, 11) is -2.14. The van der Waals surface area contributed by atoms with Gasteiger partial charge in [-0.3, -0.25) is 0 Å². The van der Waals surface area contributed by atoms with Crippen LogP contribution in [0.15, 0.2) is 189 Å². The number of benzene rings is 7. The summed E-state index contributed by atoms with van der Waals surface area (Å²) < 4.78 is 2.19. The van der Waals surface area contributed by atoms with Gasteiger partial charge in [-0.15, -0.1) is 10.0 Å². The largest absolute Gasteiger partial charge is 0.309 e. The highest BCUT2D eigenvalue weighted by molar-refractivity contribution is 8.34. The number of hydrogen-bond acceptors (Lipinski definition) is 3. The van der Waals surface area contributed by atoms with Gasteiger partial charge in [-0.05, 0) is 103 Å². The number of nitrogens with zero attached hydrogens (tertiary/aromatic N) is 4. The molecule has 5 heteroatoms. The lowest BCUT2D eigenvalue weighted by Crippen LogP contribution is -2.07. The number of hydrogen-bond donors (Lipinski definition) is 0. The highest BCUT2D eigenvalue weighted by Crippen LogP contribution is 2.75. The maximum Gasteiger partial charge on any atom is 0.0998 e. The summed E-state index contributed by atoms with van der Waals surface area (Å²) >= 11 is 0. The van der Waals surface area contributed by atoms with E-state index in [1.165, 1.54) is 0 Å². The standard InChI is InChI=1S/C45H28N4S/c46-29-32-20-24-44-41(26-32)39-18-10-11-19-43(39)49(44)35-23-22-34(31-48)40(28-35)42-27-33(30-47)21-25-45(42)50(36-12-4-1-5-13-36,37-14-6-2-7-15-37)38-16-8-3-9-17-38/h1-28H. The Kier molecular flexibility index (Phi) is 7.71. The van der Waals surface area contributed by atoms with Crippen molar-refractivity contribution in [3.63, 3.8) is 0 Å². The van der Waals surface area contributed by atoms with Crippen LogP contribution in [0.3, 0.4) is 0 Å². The van der Waals surface area contributed by atoms with E-state index in [4.69, 9.17) is 0 Å². The fourth-order valence-corrected chi connectivity index (χ4v) is 11.1. The average Bonchev–Trinajstić information content (AvgIpc) is 3.53. The molecule has 0 aliphatic carbocycles. The van der Waals surface area contributed by atoms with Crippen molar-refractivity contribution >= 4 is 31.8 Å². The molecule has 0 aliphatic rings. The zero-order chi connectivity index (χ0) is 34.1. The molecule has 8 aromatic rings. The molecule has 0 unspecified atom stereocenters. The normalized spacial score (nSPS) is 11.5. The first-order valence-electron chi connectivity index (χ1n) is 16.2. The Morgan fingerprint density at radius 2 is 0.960 bits per heavy atom. The topological polar surface area (TPSA) is 76.3 Å². The lowest BCUT2D eigenvalue weighted by atomic mass is 9.98. The van der Waals surface area contributed by atoms with Crippen LogP contribution in [-0.4, -0.2) is 4.57 Å². The van der Waals surface area contributed by atoms with Gasteiger partial charge in [0.25, 0.3) is 0 Å². The Morgan fingerprint density at radius 1 is 0.420 bits per heavy atom. The van der Waals surface area contributed by atoms with Gasteiger partial charge in [-0.1, -0.05) is 72.8 Å². The van der Waals surface area contributed by atoms with Crippen molar-refractivity contribution in [1.29, 1.82) is 15.8 Å². The van der Waals surface area contributed by atoms with Crippen molar-refractivity contribution in [2.75, 3.05) is 0 Å². The fraction of sp³-hybridized carbons (Fsp3) is 0. The van der Waals surface area contributed by atoms with Crippen LogP contribution in [0.4, 0.5) is 0 Å². The van der Waals surface area contributed by atoms with Crippen LogP contribution in [-0.2, 0) is 0 Å². The maximum absolute atomic E-state index is 10.6. The van der Waals surface area contributed by atoms with Gasteiger partial charge >= 0.3 is 0 Å². The molecule has 1 aromatic heterocycles. The summed E-state index contributed by atoms with van der Waals surface area (Å²) in [6.07, 6.45) is 0. The van der Waals surface area contributed by atoms with E-state index >= 15 is 0 Å². The highest BCUT2D eigenvalue weighted by Gasteiger charge is 2.36. The summed E-state index contributed by atoms with van der Waals surface area (Å²) in [5, 5.41) is 32.6. The molecule has 8 rings (SSSR count). The lowest BCUT2D eigenvalue weighted by Gasteiger charge is -2.43. The Labute approximate surface area is 292 Å². The summed E-state index contributed by atoms with van der Waals surface area (Å²) in [5.41, 5.74) is 6.05. The molecule has 0 spiro atoms. The molecule has 7 aromatic carbocycles. The predicted molar refractivity (Wildman–Crippen MR) is 200 cm³/mol. The third-order valence-electron chi connectivity index (χ3n) is 9.20. The van der Waals surface area contributed by atoms with E-state index in [1.54, 1.807) is 0 Å². The molecule has 0 atom stereocenters. The van der Waals surface area contributed by atoms with Crippen LogP contribution in [0, 0.1) is 34.0 Å². The summed E-state index contributed by atoms with van der Waals surface area (Å²) in [6, 6.07) is 64.6. The lowest BCUT2D eigenvalue weighted by molar-refractivity contribution is 1.17. The van der Waals surface area contributed by atoms with Crippen LogP contribution in [0.2, 0.25) is 0 Å². The molecule has 0 aliphatic heterocycles. The van der Waals surface area contributed by atoms with Crippen molar-refractivity contribution in [2.24, 2.45) is 0 Å². The van der Waals surface area contributed by atoms with Gasteiger partial charge in [0, 0.05) is 41.6 Å². The molecule has 1 heterocycles.